The summed E-state index contributed by atoms with van der Waals surface area (Å²) >= 11 is 0. The first-order valence-corrected chi connectivity index (χ1v) is 5.11. The second kappa shape index (κ2) is 5.37. The molecule has 7 heavy (non-hydrogen) atoms. The van der Waals surface area contributed by atoms with Crippen LogP contribution in [0.15, 0.2) is 0 Å². The molecule has 1 nitrogen and oxygen atoms in total. The molecular formula is C3H9ClMgOSi. The molecule has 0 atom stereocenters. The monoisotopic (exact) mass is 148 g/mol. The van der Waals surface area contributed by atoms with E-state index < -0.39 is 8.32 Å². The summed E-state index contributed by atoms with van der Waals surface area (Å²) in [5.41, 5.74) is 0. The van der Waals surface area contributed by atoms with Crippen LogP contribution >= 0.6 is 0 Å². The van der Waals surface area contributed by atoms with Crippen LogP contribution in [-0.2, 0) is 0 Å². The Kier molecular flexibility index (Phi) is 12.1. The molecule has 0 saturated heterocycles. The zero-order valence-corrected chi connectivity index (χ0v) is 8.16. The predicted octanol–water partition coefficient (Wildman–Crippen LogP) is -3.20. The predicted molar refractivity (Wildman–Crippen MR) is 29.1 cm³/mol. The van der Waals surface area contributed by atoms with Gasteiger partial charge >= 0.3 is 23.1 Å². The maximum absolute atomic E-state index is 10.2. The van der Waals surface area contributed by atoms with Crippen molar-refractivity contribution in [2.45, 2.75) is 19.6 Å². The molecule has 0 aromatic carbocycles. The van der Waals surface area contributed by atoms with Crippen LogP contribution in [0.25, 0.3) is 0 Å². The summed E-state index contributed by atoms with van der Waals surface area (Å²) in [6.07, 6.45) is 0. The first kappa shape index (κ1) is 15.7. The van der Waals surface area contributed by atoms with Crippen LogP contribution in [0.5, 0.6) is 0 Å². The number of rotatable bonds is 0. The second-order valence-electron chi connectivity index (χ2n) is 2.11. The Balaban J connectivity index is -0.0000000800. The number of halogens is 1. The largest absolute Gasteiger partial charge is 2.00 e. The molecule has 0 heterocycles. The van der Waals surface area contributed by atoms with Gasteiger partial charge in [0.1, 0.15) is 0 Å². The summed E-state index contributed by atoms with van der Waals surface area (Å²) in [7, 11) is -1.86. The van der Waals surface area contributed by atoms with Gasteiger partial charge in [-0.3, -0.25) is 0 Å². The van der Waals surface area contributed by atoms with Crippen LogP contribution in [0.3, 0.4) is 0 Å². The van der Waals surface area contributed by atoms with Crippen molar-refractivity contribution in [3.05, 3.63) is 0 Å². The van der Waals surface area contributed by atoms with Gasteiger partial charge in [-0.2, -0.15) is 0 Å². The SMILES string of the molecule is C[Si](C)(C)[O-].[Cl-].[Mg+2]. The van der Waals surface area contributed by atoms with Crippen LogP contribution in [0.4, 0.5) is 0 Å². The standard InChI is InChI=1S/C3H9OSi.ClH.Mg/c1-5(2,3)4;;/h1-3H3;1H;/q-1;;+2/p-1. The van der Waals surface area contributed by atoms with Gasteiger partial charge in [0.15, 0.2) is 0 Å². The third-order valence-electron chi connectivity index (χ3n) is 0. The Bertz CT molecular complexity index is 30.4. The molecule has 0 aliphatic carbocycles. The van der Waals surface area contributed by atoms with Crippen LogP contribution < -0.4 is 17.2 Å². The summed E-state index contributed by atoms with van der Waals surface area (Å²) in [5, 5.41) is 0. The van der Waals surface area contributed by atoms with Gasteiger partial charge in [0.2, 0.25) is 0 Å². The molecule has 0 aliphatic heterocycles. The fourth-order valence-corrected chi connectivity index (χ4v) is 0. The van der Waals surface area contributed by atoms with E-state index in [4.69, 9.17) is 0 Å². The third kappa shape index (κ3) is 130. The van der Waals surface area contributed by atoms with Crippen molar-refractivity contribution < 1.29 is 17.2 Å². The van der Waals surface area contributed by atoms with E-state index in [9.17, 15) is 4.80 Å². The fourth-order valence-electron chi connectivity index (χ4n) is 0. The summed E-state index contributed by atoms with van der Waals surface area (Å²) < 4.78 is 0. The maximum atomic E-state index is 10.2. The van der Waals surface area contributed by atoms with Crippen molar-refractivity contribution >= 4 is 31.4 Å². The Morgan fingerprint density at radius 1 is 1.14 bits per heavy atom. The molecule has 0 saturated carbocycles. The number of hydrogen-bond acceptors (Lipinski definition) is 1. The van der Waals surface area contributed by atoms with Gasteiger partial charge in [-0.05, 0) is 0 Å². The van der Waals surface area contributed by atoms with E-state index in [1.54, 1.807) is 19.6 Å². The van der Waals surface area contributed by atoms with E-state index in [1.807, 2.05) is 0 Å². The zero-order chi connectivity index (χ0) is 4.50. The van der Waals surface area contributed by atoms with Crippen LogP contribution in [0, 0.1) is 0 Å². The molecule has 0 rings (SSSR count). The molecule has 0 unspecified atom stereocenters. The van der Waals surface area contributed by atoms with E-state index in [0.717, 1.165) is 0 Å². The molecule has 0 aliphatic rings. The minimum absolute atomic E-state index is 0. The molecule has 0 fully saturated rings. The Labute approximate surface area is 68.2 Å². The van der Waals surface area contributed by atoms with Crippen molar-refractivity contribution in [1.82, 2.24) is 0 Å². The molecular weight excluding hydrogens is 140 g/mol. The average molecular weight is 149 g/mol. The van der Waals surface area contributed by atoms with Crippen molar-refractivity contribution in [2.75, 3.05) is 0 Å². The van der Waals surface area contributed by atoms with E-state index in [-0.39, 0.29) is 35.5 Å². The summed E-state index contributed by atoms with van der Waals surface area (Å²) in [5.74, 6) is 0. The van der Waals surface area contributed by atoms with Crippen molar-refractivity contribution in [3.63, 3.8) is 0 Å². The molecule has 0 radical (unpaired) electrons. The molecule has 0 amide bonds. The van der Waals surface area contributed by atoms with Crippen molar-refractivity contribution in [2.24, 2.45) is 0 Å². The molecule has 40 valence electrons. The van der Waals surface area contributed by atoms with Crippen LogP contribution in [0.1, 0.15) is 0 Å². The molecule has 0 aromatic rings. The van der Waals surface area contributed by atoms with E-state index in [0.29, 0.717) is 0 Å². The Morgan fingerprint density at radius 2 is 1.14 bits per heavy atom. The van der Waals surface area contributed by atoms with Gasteiger partial charge in [-0.1, -0.05) is 28.0 Å². The maximum Gasteiger partial charge on any atom is 2.00 e. The third-order valence-corrected chi connectivity index (χ3v) is 0. The molecule has 0 spiro atoms. The minimum Gasteiger partial charge on any atom is -1.00 e. The molecule has 0 aromatic heterocycles. The smallest absolute Gasteiger partial charge is 1.00 e. The van der Waals surface area contributed by atoms with Crippen molar-refractivity contribution in [3.8, 4) is 0 Å². The van der Waals surface area contributed by atoms with Gasteiger partial charge in [0.05, 0.1) is 0 Å². The average Bonchev–Trinajstić information content (AvgIpc) is 0.722. The van der Waals surface area contributed by atoms with E-state index in [1.165, 1.54) is 0 Å². The van der Waals surface area contributed by atoms with Gasteiger partial charge in [-0.15, -0.1) is 0 Å². The summed E-state index contributed by atoms with van der Waals surface area (Å²) in [6.45, 7) is 5.31. The van der Waals surface area contributed by atoms with Crippen molar-refractivity contribution in [1.29, 1.82) is 0 Å². The second-order valence-corrected chi connectivity index (χ2v) is 6.34. The summed E-state index contributed by atoms with van der Waals surface area (Å²) in [4.78, 5) is 10.2. The zero-order valence-electron chi connectivity index (χ0n) is 4.99. The molecule has 0 bridgehead atoms. The minimum atomic E-state index is -1.86. The van der Waals surface area contributed by atoms with Crippen LogP contribution in [-0.4, -0.2) is 31.4 Å². The fraction of sp³-hybridized carbons (Fsp3) is 1.00. The topological polar surface area (TPSA) is 23.1 Å². The van der Waals surface area contributed by atoms with Crippen LogP contribution in [0.2, 0.25) is 19.6 Å². The van der Waals surface area contributed by atoms with Gasteiger partial charge in [0, 0.05) is 0 Å². The van der Waals surface area contributed by atoms with E-state index >= 15 is 0 Å². The van der Waals surface area contributed by atoms with Gasteiger partial charge < -0.3 is 17.2 Å². The van der Waals surface area contributed by atoms with Gasteiger partial charge in [-0.25, -0.2) is 0 Å². The van der Waals surface area contributed by atoms with E-state index in [2.05, 4.69) is 0 Å². The summed E-state index contributed by atoms with van der Waals surface area (Å²) in [6, 6.07) is 0. The molecule has 4 heteroatoms. The van der Waals surface area contributed by atoms with Gasteiger partial charge in [0.25, 0.3) is 0 Å². The Morgan fingerprint density at radius 3 is 1.14 bits per heavy atom. The normalized spacial score (nSPS) is 8.57. The number of hydrogen-bond donors (Lipinski definition) is 0. The molecule has 0 N–H and O–H groups in total. The first-order chi connectivity index (χ1) is 2.00. The Hall–Kier alpha value is 1.23. The quantitative estimate of drug-likeness (QED) is 0.333. The first-order valence-electron chi connectivity index (χ1n) is 1.70.